The Balaban J connectivity index is 1.86. The number of rotatable bonds is 8. The predicted molar refractivity (Wildman–Crippen MR) is 110 cm³/mol. The number of nitrogens with zero attached hydrogens (tertiary/aromatic N) is 1. The SMILES string of the molecule is C=CCOc1ccc(C=NNC(=O)CC(=O)Nc2cccc(C(F)(F)F)c2)cc1Br. The molecule has 0 bridgehead atoms. The number of nitrogens with one attached hydrogen (secondary N) is 2. The van der Waals surface area contributed by atoms with Crippen molar-refractivity contribution in [1.29, 1.82) is 0 Å². The molecule has 0 unspecified atom stereocenters. The Labute approximate surface area is 178 Å². The Kier molecular flexibility index (Phi) is 8.16. The molecule has 0 saturated carbocycles. The number of carbonyl (C=O) groups excluding carboxylic acids is 2. The first-order valence-corrected chi connectivity index (χ1v) is 9.30. The van der Waals surface area contributed by atoms with Crippen molar-refractivity contribution in [2.75, 3.05) is 11.9 Å². The molecular weight excluding hydrogens is 467 g/mol. The Morgan fingerprint density at radius 2 is 1.93 bits per heavy atom. The van der Waals surface area contributed by atoms with Gasteiger partial charge in [-0.15, -0.1) is 0 Å². The maximum absolute atomic E-state index is 12.7. The second-order valence-electron chi connectivity index (χ2n) is 5.89. The number of hydrogen-bond acceptors (Lipinski definition) is 4. The molecule has 0 heterocycles. The van der Waals surface area contributed by atoms with Crippen LogP contribution in [0.25, 0.3) is 0 Å². The number of amides is 2. The minimum atomic E-state index is -4.53. The third-order valence-corrected chi connectivity index (χ3v) is 4.13. The molecular formula is C20H17BrF3N3O3. The zero-order valence-electron chi connectivity index (χ0n) is 15.5. The molecule has 158 valence electrons. The first kappa shape index (κ1) is 23.1. The van der Waals surface area contributed by atoms with Gasteiger partial charge in [0.05, 0.1) is 16.3 Å². The molecule has 0 aromatic heterocycles. The molecule has 0 aliphatic rings. The Hall–Kier alpha value is -3.14. The lowest BCUT2D eigenvalue weighted by molar-refractivity contribution is -0.137. The predicted octanol–water partition coefficient (Wildman–Crippen LogP) is 4.51. The summed E-state index contributed by atoms with van der Waals surface area (Å²) < 4.78 is 44.2. The van der Waals surface area contributed by atoms with Crippen molar-refractivity contribution in [3.05, 3.63) is 70.7 Å². The van der Waals surface area contributed by atoms with Crippen molar-refractivity contribution < 1.29 is 27.5 Å². The van der Waals surface area contributed by atoms with E-state index < -0.39 is 30.0 Å². The summed E-state index contributed by atoms with van der Waals surface area (Å²) >= 11 is 3.35. The number of carbonyl (C=O) groups is 2. The number of anilines is 1. The van der Waals surface area contributed by atoms with Gasteiger partial charge in [0, 0.05) is 5.69 Å². The highest BCUT2D eigenvalue weighted by molar-refractivity contribution is 9.10. The van der Waals surface area contributed by atoms with Gasteiger partial charge in [0.1, 0.15) is 18.8 Å². The van der Waals surface area contributed by atoms with Crippen LogP contribution in [0.15, 0.2) is 64.7 Å². The standard InChI is InChI=1S/C20H17BrF3N3O3/c1-2-8-30-17-7-6-13(9-16(17)21)12-25-27-19(29)11-18(28)26-15-5-3-4-14(10-15)20(22,23)24/h2-7,9-10,12H,1,8,11H2,(H,26,28)(H,27,29). The van der Waals surface area contributed by atoms with Gasteiger partial charge in [-0.25, -0.2) is 5.43 Å². The minimum Gasteiger partial charge on any atom is -0.488 e. The van der Waals surface area contributed by atoms with Crippen LogP contribution in [0.3, 0.4) is 0 Å². The molecule has 2 amide bonds. The summed E-state index contributed by atoms with van der Waals surface area (Å²) in [6, 6.07) is 9.26. The van der Waals surface area contributed by atoms with Crippen molar-refractivity contribution in [1.82, 2.24) is 5.43 Å². The molecule has 0 fully saturated rings. The molecule has 0 spiro atoms. The van der Waals surface area contributed by atoms with Gasteiger partial charge in [-0.1, -0.05) is 18.7 Å². The Morgan fingerprint density at radius 1 is 1.17 bits per heavy atom. The van der Waals surface area contributed by atoms with Crippen LogP contribution in [0.4, 0.5) is 18.9 Å². The molecule has 30 heavy (non-hydrogen) atoms. The number of halogens is 4. The van der Waals surface area contributed by atoms with Gasteiger partial charge in [-0.3, -0.25) is 9.59 Å². The average molecular weight is 484 g/mol. The quantitative estimate of drug-likeness (QED) is 0.251. The van der Waals surface area contributed by atoms with Gasteiger partial charge in [0.15, 0.2) is 0 Å². The fourth-order valence-corrected chi connectivity index (χ4v) is 2.72. The molecule has 2 rings (SSSR count). The van der Waals surface area contributed by atoms with Crippen LogP contribution < -0.4 is 15.5 Å². The molecule has 0 atom stereocenters. The summed E-state index contributed by atoms with van der Waals surface area (Å²) in [7, 11) is 0. The van der Waals surface area contributed by atoms with E-state index in [1.807, 2.05) is 0 Å². The maximum Gasteiger partial charge on any atom is 0.416 e. The number of ether oxygens (including phenoxy) is 1. The van der Waals surface area contributed by atoms with Crippen molar-refractivity contribution in [2.24, 2.45) is 5.10 Å². The molecule has 0 saturated heterocycles. The van der Waals surface area contributed by atoms with Crippen LogP contribution in [-0.2, 0) is 15.8 Å². The summed E-state index contributed by atoms with van der Waals surface area (Å²) in [6.07, 6.45) is -2.16. The molecule has 10 heteroatoms. The average Bonchev–Trinajstić information content (AvgIpc) is 2.66. The highest BCUT2D eigenvalue weighted by Gasteiger charge is 2.30. The van der Waals surface area contributed by atoms with E-state index in [1.165, 1.54) is 12.3 Å². The van der Waals surface area contributed by atoms with Gasteiger partial charge in [-0.05, 0) is 57.9 Å². The zero-order chi connectivity index (χ0) is 22.1. The Morgan fingerprint density at radius 3 is 2.60 bits per heavy atom. The van der Waals surface area contributed by atoms with Gasteiger partial charge >= 0.3 is 6.18 Å². The van der Waals surface area contributed by atoms with Crippen molar-refractivity contribution in [3.63, 3.8) is 0 Å². The molecule has 2 aromatic rings. The fraction of sp³-hybridized carbons (Fsp3) is 0.150. The van der Waals surface area contributed by atoms with E-state index >= 15 is 0 Å². The zero-order valence-corrected chi connectivity index (χ0v) is 17.1. The van der Waals surface area contributed by atoms with Gasteiger partial charge < -0.3 is 10.1 Å². The summed E-state index contributed by atoms with van der Waals surface area (Å²) in [5.74, 6) is -0.878. The lowest BCUT2D eigenvalue weighted by Crippen LogP contribution is -2.24. The highest BCUT2D eigenvalue weighted by atomic mass is 79.9. The molecule has 0 aliphatic heterocycles. The van der Waals surface area contributed by atoms with Gasteiger partial charge in [0.25, 0.3) is 0 Å². The fourth-order valence-electron chi connectivity index (χ4n) is 2.21. The third-order valence-electron chi connectivity index (χ3n) is 3.51. The van der Waals surface area contributed by atoms with Crippen molar-refractivity contribution in [2.45, 2.75) is 12.6 Å². The van der Waals surface area contributed by atoms with Crippen LogP contribution >= 0.6 is 15.9 Å². The van der Waals surface area contributed by atoms with Crippen LogP contribution in [-0.4, -0.2) is 24.6 Å². The normalized spacial score (nSPS) is 11.2. The largest absolute Gasteiger partial charge is 0.488 e. The van der Waals surface area contributed by atoms with E-state index in [4.69, 9.17) is 4.74 Å². The third kappa shape index (κ3) is 7.36. The molecule has 2 aromatic carbocycles. The summed E-state index contributed by atoms with van der Waals surface area (Å²) in [6.45, 7) is 3.91. The van der Waals surface area contributed by atoms with Crippen LogP contribution in [0.2, 0.25) is 0 Å². The number of benzene rings is 2. The lowest BCUT2D eigenvalue weighted by atomic mass is 10.2. The number of hydrogen-bond donors (Lipinski definition) is 2. The molecule has 2 N–H and O–H groups in total. The first-order valence-electron chi connectivity index (χ1n) is 8.51. The van der Waals surface area contributed by atoms with E-state index in [0.29, 0.717) is 22.4 Å². The van der Waals surface area contributed by atoms with Crippen molar-refractivity contribution in [3.8, 4) is 5.75 Å². The van der Waals surface area contributed by atoms with Crippen LogP contribution in [0, 0.1) is 0 Å². The Bertz CT molecular complexity index is 962. The summed E-state index contributed by atoms with van der Waals surface area (Å²) in [5.41, 5.74) is 1.87. The maximum atomic E-state index is 12.7. The van der Waals surface area contributed by atoms with E-state index in [9.17, 15) is 22.8 Å². The first-order chi connectivity index (χ1) is 14.2. The van der Waals surface area contributed by atoms with E-state index in [0.717, 1.165) is 18.2 Å². The van der Waals surface area contributed by atoms with Crippen LogP contribution in [0.5, 0.6) is 5.75 Å². The van der Waals surface area contributed by atoms with Gasteiger partial charge in [-0.2, -0.15) is 18.3 Å². The molecule has 0 aliphatic carbocycles. The summed E-state index contributed by atoms with van der Waals surface area (Å²) in [4.78, 5) is 23.6. The minimum absolute atomic E-state index is 0.0604. The second kappa shape index (κ2) is 10.6. The van der Waals surface area contributed by atoms with E-state index in [-0.39, 0.29) is 5.69 Å². The smallest absolute Gasteiger partial charge is 0.416 e. The topological polar surface area (TPSA) is 79.8 Å². The second-order valence-corrected chi connectivity index (χ2v) is 6.74. The lowest BCUT2D eigenvalue weighted by Gasteiger charge is -2.09. The van der Waals surface area contributed by atoms with E-state index in [2.05, 4.69) is 38.4 Å². The van der Waals surface area contributed by atoms with Gasteiger partial charge in [0.2, 0.25) is 11.8 Å². The molecule has 0 radical (unpaired) electrons. The molecule has 6 nitrogen and oxygen atoms in total. The van der Waals surface area contributed by atoms with E-state index in [1.54, 1.807) is 24.3 Å². The van der Waals surface area contributed by atoms with Crippen LogP contribution in [0.1, 0.15) is 17.5 Å². The van der Waals surface area contributed by atoms with Crippen molar-refractivity contribution >= 4 is 39.6 Å². The number of alkyl halides is 3. The monoisotopic (exact) mass is 483 g/mol. The highest BCUT2D eigenvalue weighted by Crippen LogP contribution is 2.30. The number of hydrazone groups is 1. The summed E-state index contributed by atoms with van der Waals surface area (Å²) in [5, 5.41) is 5.99.